The Balaban J connectivity index is 0.926. The molecule has 12 aromatic carbocycles. The van der Waals surface area contributed by atoms with Crippen molar-refractivity contribution in [3.63, 3.8) is 0 Å². The van der Waals surface area contributed by atoms with E-state index in [1.54, 1.807) is 0 Å². The van der Waals surface area contributed by atoms with E-state index in [0.29, 0.717) is 0 Å². The molecule has 0 heterocycles. The maximum absolute atomic E-state index is 2.40. The van der Waals surface area contributed by atoms with E-state index in [4.69, 9.17) is 0 Å². The van der Waals surface area contributed by atoms with Gasteiger partial charge in [-0.25, -0.2) is 0 Å². The Bertz CT molecular complexity index is 3360. The first-order chi connectivity index (χ1) is 28.7. The number of hydrogen-bond acceptors (Lipinski definition) is 0. The molecule has 0 aliphatic rings. The molecule has 0 atom stereocenters. The summed E-state index contributed by atoms with van der Waals surface area (Å²) in [6.45, 7) is 0. The standard InChI is InChI=1S/C58H36/c1-3-15-49-37(9-1)19-21-47-33-43(23-27-51(47)49)39-11-7-13-41(31-39)45-25-29-55-56-30-26-46(36-58(56)54-18-6-5-17-53(54)57(55)35-45)42-14-8-12-40(32-42)44-24-28-52-48(34-44)22-20-38-10-2-4-16-50(38)52/h1-36H. The molecular formula is C58H36. The van der Waals surface area contributed by atoms with Crippen LogP contribution in [0, 0.1) is 0 Å². The lowest BCUT2D eigenvalue weighted by Gasteiger charge is -2.14. The van der Waals surface area contributed by atoms with E-state index in [0.717, 1.165) is 0 Å². The van der Waals surface area contributed by atoms with Gasteiger partial charge in [-0.05, 0) is 156 Å². The molecule has 0 bridgehead atoms. The molecule has 0 nitrogen and oxygen atoms in total. The SMILES string of the molecule is c1cc(-c2ccc3c(ccc4ccccc43)c2)cc(-c2ccc3c4ccc(-c5cccc(-c6ccc7c(ccc8ccccc87)c6)c5)cc4c4ccccc4c3c2)c1. The summed E-state index contributed by atoms with van der Waals surface area (Å²) in [6, 6.07) is 80.9. The van der Waals surface area contributed by atoms with Gasteiger partial charge in [0.05, 0.1) is 0 Å². The number of fused-ring (bicyclic) bond motifs is 12. The first-order valence-corrected chi connectivity index (χ1v) is 20.1. The number of hydrogen-bond donors (Lipinski definition) is 0. The molecule has 268 valence electrons. The van der Waals surface area contributed by atoms with Gasteiger partial charge in [0.15, 0.2) is 0 Å². The zero-order valence-corrected chi connectivity index (χ0v) is 31.8. The summed E-state index contributed by atoms with van der Waals surface area (Å²) in [5.74, 6) is 0. The van der Waals surface area contributed by atoms with Gasteiger partial charge >= 0.3 is 0 Å². The van der Waals surface area contributed by atoms with Crippen LogP contribution in [0.15, 0.2) is 218 Å². The zero-order chi connectivity index (χ0) is 38.2. The third-order valence-electron chi connectivity index (χ3n) is 12.4. The molecule has 12 rings (SSSR count). The molecule has 0 spiro atoms. The van der Waals surface area contributed by atoms with Gasteiger partial charge in [-0.15, -0.1) is 0 Å². The zero-order valence-electron chi connectivity index (χ0n) is 31.8. The number of benzene rings is 12. The van der Waals surface area contributed by atoms with E-state index in [2.05, 4.69) is 218 Å². The van der Waals surface area contributed by atoms with Crippen molar-refractivity contribution in [3.05, 3.63) is 218 Å². The van der Waals surface area contributed by atoms with E-state index >= 15 is 0 Å². The predicted molar refractivity (Wildman–Crippen MR) is 251 cm³/mol. The lowest BCUT2D eigenvalue weighted by atomic mass is 9.89. The van der Waals surface area contributed by atoms with Crippen LogP contribution in [0.4, 0.5) is 0 Å². The summed E-state index contributed by atoms with van der Waals surface area (Å²) in [5.41, 5.74) is 9.79. The highest BCUT2D eigenvalue weighted by atomic mass is 14.2. The van der Waals surface area contributed by atoms with Gasteiger partial charge in [0, 0.05) is 0 Å². The molecule has 0 radical (unpaired) electrons. The Kier molecular flexibility index (Phi) is 7.33. The Morgan fingerprint density at radius 3 is 0.862 bits per heavy atom. The first-order valence-electron chi connectivity index (χ1n) is 20.1. The molecule has 0 N–H and O–H groups in total. The normalized spacial score (nSPS) is 11.8. The molecule has 0 aromatic heterocycles. The van der Waals surface area contributed by atoms with Crippen molar-refractivity contribution in [3.8, 4) is 44.5 Å². The van der Waals surface area contributed by atoms with Gasteiger partial charge < -0.3 is 0 Å². The van der Waals surface area contributed by atoms with Gasteiger partial charge in [-0.2, -0.15) is 0 Å². The molecule has 0 aliphatic heterocycles. The van der Waals surface area contributed by atoms with Gasteiger partial charge in [0.2, 0.25) is 0 Å². The van der Waals surface area contributed by atoms with Crippen molar-refractivity contribution < 1.29 is 0 Å². The third kappa shape index (κ3) is 5.30. The molecule has 0 amide bonds. The quantitative estimate of drug-likeness (QED) is 0.158. The summed E-state index contributed by atoms with van der Waals surface area (Å²) in [7, 11) is 0. The highest BCUT2D eigenvalue weighted by Crippen LogP contribution is 2.40. The number of rotatable bonds is 4. The van der Waals surface area contributed by atoms with E-state index in [9.17, 15) is 0 Å². The van der Waals surface area contributed by atoms with Gasteiger partial charge in [-0.3, -0.25) is 0 Å². The highest BCUT2D eigenvalue weighted by Gasteiger charge is 2.13. The van der Waals surface area contributed by atoms with E-state index in [1.165, 1.54) is 120 Å². The fourth-order valence-corrected chi connectivity index (χ4v) is 9.46. The van der Waals surface area contributed by atoms with Crippen LogP contribution in [0.25, 0.3) is 120 Å². The van der Waals surface area contributed by atoms with E-state index in [-0.39, 0.29) is 0 Å². The second kappa shape index (κ2) is 13.0. The molecule has 0 saturated heterocycles. The Labute approximate surface area is 336 Å². The van der Waals surface area contributed by atoms with Crippen LogP contribution in [-0.4, -0.2) is 0 Å². The maximum Gasteiger partial charge on any atom is -0.00928 e. The van der Waals surface area contributed by atoms with Crippen LogP contribution in [0.1, 0.15) is 0 Å². The Morgan fingerprint density at radius 1 is 0.138 bits per heavy atom. The average Bonchev–Trinajstić information content (AvgIpc) is 3.31. The minimum absolute atomic E-state index is 1.22. The lowest BCUT2D eigenvalue weighted by Crippen LogP contribution is -1.87. The molecule has 0 unspecified atom stereocenters. The highest BCUT2D eigenvalue weighted by molar-refractivity contribution is 6.26. The Morgan fingerprint density at radius 2 is 0.431 bits per heavy atom. The third-order valence-corrected chi connectivity index (χ3v) is 12.4. The van der Waals surface area contributed by atoms with Crippen LogP contribution in [0.2, 0.25) is 0 Å². The molecular weight excluding hydrogens is 697 g/mol. The first kappa shape index (κ1) is 32.7. The Hall–Kier alpha value is -7.54. The van der Waals surface area contributed by atoms with Gasteiger partial charge in [0.1, 0.15) is 0 Å². The topological polar surface area (TPSA) is 0 Å². The van der Waals surface area contributed by atoms with Crippen molar-refractivity contribution in [2.24, 2.45) is 0 Å². The van der Waals surface area contributed by atoms with E-state index < -0.39 is 0 Å². The average molecular weight is 733 g/mol. The molecule has 0 heteroatoms. The van der Waals surface area contributed by atoms with Crippen LogP contribution < -0.4 is 0 Å². The second-order valence-corrected chi connectivity index (χ2v) is 15.7. The smallest absolute Gasteiger partial charge is 0.00928 e. The summed E-state index contributed by atoms with van der Waals surface area (Å²) >= 11 is 0. The fraction of sp³-hybridized carbons (Fsp3) is 0. The summed E-state index contributed by atoms with van der Waals surface area (Å²) in [5, 5.41) is 17.9. The minimum atomic E-state index is 1.22. The van der Waals surface area contributed by atoms with Gasteiger partial charge in [0.25, 0.3) is 0 Å². The fourth-order valence-electron chi connectivity index (χ4n) is 9.46. The molecule has 0 fully saturated rings. The van der Waals surface area contributed by atoms with Crippen LogP contribution in [0.5, 0.6) is 0 Å². The van der Waals surface area contributed by atoms with Crippen molar-refractivity contribution in [1.82, 2.24) is 0 Å². The largest absolute Gasteiger partial charge is 0.0616 e. The van der Waals surface area contributed by atoms with Crippen molar-refractivity contribution in [1.29, 1.82) is 0 Å². The molecule has 0 aliphatic carbocycles. The van der Waals surface area contributed by atoms with Crippen molar-refractivity contribution >= 4 is 75.4 Å². The van der Waals surface area contributed by atoms with Crippen LogP contribution in [0.3, 0.4) is 0 Å². The van der Waals surface area contributed by atoms with Crippen LogP contribution >= 0.6 is 0 Å². The molecule has 12 aromatic rings. The van der Waals surface area contributed by atoms with Crippen molar-refractivity contribution in [2.45, 2.75) is 0 Å². The summed E-state index contributed by atoms with van der Waals surface area (Å²) in [6.07, 6.45) is 0. The molecule has 0 saturated carbocycles. The van der Waals surface area contributed by atoms with Gasteiger partial charge in [-0.1, -0.05) is 182 Å². The second-order valence-electron chi connectivity index (χ2n) is 15.7. The van der Waals surface area contributed by atoms with E-state index in [1.807, 2.05) is 0 Å². The lowest BCUT2D eigenvalue weighted by molar-refractivity contribution is 1.61. The van der Waals surface area contributed by atoms with Crippen LogP contribution in [-0.2, 0) is 0 Å². The summed E-state index contributed by atoms with van der Waals surface area (Å²) in [4.78, 5) is 0. The molecule has 58 heavy (non-hydrogen) atoms. The summed E-state index contributed by atoms with van der Waals surface area (Å²) < 4.78 is 0. The van der Waals surface area contributed by atoms with Crippen molar-refractivity contribution in [2.75, 3.05) is 0 Å². The monoisotopic (exact) mass is 732 g/mol. The maximum atomic E-state index is 2.40. The predicted octanol–water partition coefficient (Wildman–Crippen LogP) is 16.4. The minimum Gasteiger partial charge on any atom is -0.0616 e.